The van der Waals surface area contributed by atoms with Crippen molar-refractivity contribution in [1.29, 1.82) is 0 Å². The van der Waals surface area contributed by atoms with E-state index in [9.17, 15) is 14.7 Å². The van der Waals surface area contributed by atoms with E-state index in [-0.39, 0.29) is 18.2 Å². The number of carbonyl (C=O) groups is 2. The van der Waals surface area contributed by atoms with Crippen molar-refractivity contribution in [2.45, 2.75) is 38.2 Å². The van der Waals surface area contributed by atoms with Gasteiger partial charge in [0.2, 0.25) is 0 Å². The van der Waals surface area contributed by atoms with E-state index in [1.807, 2.05) is 12.2 Å². The van der Waals surface area contributed by atoms with E-state index in [0.717, 1.165) is 12.0 Å². The van der Waals surface area contributed by atoms with E-state index < -0.39 is 6.10 Å². The second-order valence-corrected chi connectivity index (χ2v) is 4.01. The maximum atomic E-state index is 11.3. The zero-order chi connectivity index (χ0) is 12.7. The summed E-state index contributed by atoms with van der Waals surface area (Å²) in [5.41, 5.74) is 0.718. The molecule has 1 atom stereocenters. The monoisotopic (exact) mass is 238 g/mol. The van der Waals surface area contributed by atoms with Crippen LogP contribution in [0.3, 0.4) is 0 Å². The Morgan fingerprint density at radius 1 is 1.53 bits per heavy atom. The van der Waals surface area contributed by atoms with Crippen molar-refractivity contribution in [3.63, 3.8) is 0 Å². The number of hydrogen-bond acceptors (Lipinski definition) is 4. The predicted octanol–water partition coefficient (Wildman–Crippen LogP) is 1.54. The SMILES string of the molecule is COC(=O)CC/C=C\CCC1=C[C@@H](O)CC1=O. The number of aliphatic hydroxyl groups is 1. The number of hydrogen-bond donors (Lipinski definition) is 1. The average molecular weight is 238 g/mol. The topological polar surface area (TPSA) is 63.6 Å². The molecule has 0 fully saturated rings. The van der Waals surface area contributed by atoms with Crippen molar-refractivity contribution in [2.75, 3.05) is 7.11 Å². The van der Waals surface area contributed by atoms with Crippen LogP contribution in [0.1, 0.15) is 32.1 Å². The number of ether oxygens (including phenoxy) is 1. The molecule has 4 heteroatoms. The van der Waals surface area contributed by atoms with Crippen molar-refractivity contribution in [3.05, 3.63) is 23.8 Å². The van der Waals surface area contributed by atoms with Crippen LogP contribution in [0.5, 0.6) is 0 Å². The van der Waals surface area contributed by atoms with E-state index in [2.05, 4.69) is 4.74 Å². The Kier molecular flexibility index (Phi) is 5.63. The fourth-order valence-corrected chi connectivity index (χ4v) is 1.71. The Bertz CT molecular complexity index is 341. The molecular weight excluding hydrogens is 220 g/mol. The Morgan fingerprint density at radius 3 is 2.82 bits per heavy atom. The Balaban J connectivity index is 2.15. The molecule has 1 rings (SSSR count). The Labute approximate surface area is 101 Å². The summed E-state index contributed by atoms with van der Waals surface area (Å²) < 4.78 is 4.51. The molecule has 0 aromatic rings. The molecule has 0 aliphatic heterocycles. The molecule has 0 radical (unpaired) electrons. The summed E-state index contributed by atoms with van der Waals surface area (Å²) in [6, 6.07) is 0. The highest BCUT2D eigenvalue weighted by atomic mass is 16.5. The van der Waals surface area contributed by atoms with E-state index >= 15 is 0 Å². The van der Waals surface area contributed by atoms with Gasteiger partial charge in [-0.25, -0.2) is 0 Å². The van der Waals surface area contributed by atoms with Gasteiger partial charge in [0, 0.05) is 12.8 Å². The zero-order valence-corrected chi connectivity index (χ0v) is 10.0. The maximum absolute atomic E-state index is 11.3. The van der Waals surface area contributed by atoms with E-state index in [4.69, 9.17) is 0 Å². The average Bonchev–Trinajstić information content (AvgIpc) is 2.62. The minimum atomic E-state index is -0.596. The van der Waals surface area contributed by atoms with E-state index in [1.165, 1.54) is 7.11 Å². The summed E-state index contributed by atoms with van der Waals surface area (Å²) in [4.78, 5) is 22.1. The summed E-state index contributed by atoms with van der Waals surface area (Å²) in [6.07, 6.45) is 7.56. The highest BCUT2D eigenvalue weighted by Crippen LogP contribution is 2.19. The second-order valence-electron chi connectivity index (χ2n) is 4.01. The standard InChI is InChI=1S/C13H18O4/c1-17-13(16)7-5-3-2-4-6-10-8-11(14)9-12(10)15/h2-3,8,11,14H,4-7,9H2,1H3/b3-2-/t11-/m1/s1. The van der Waals surface area contributed by atoms with Gasteiger partial charge >= 0.3 is 5.97 Å². The highest BCUT2D eigenvalue weighted by Gasteiger charge is 2.20. The lowest BCUT2D eigenvalue weighted by atomic mass is 10.1. The molecule has 0 amide bonds. The molecule has 0 aromatic carbocycles. The van der Waals surface area contributed by atoms with Crippen LogP contribution < -0.4 is 0 Å². The molecule has 4 nitrogen and oxygen atoms in total. The Hall–Kier alpha value is -1.42. The van der Waals surface area contributed by atoms with Gasteiger partial charge in [-0.1, -0.05) is 12.2 Å². The van der Waals surface area contributed by atoms with E-state index in [0.29, 0.717) is 19.3 Å². The molecule has 1 aliphatic carbocycles. The molecule has 0 aromatic heterocycles. The number of Topliss-reactive ketones (excluding diaryl/α,β-unsaturated/α-hetero) is 1. The van der Waals surface area contributed by atoms with Crippen LogP contribution in [-0.2, 0) is 14.3 Å². The van der Waals surface area contributed by atoms with Crippen molar-refractivity contribution in [2.24, 2.45) is 0 Å². The van der Waals surface area contributed by atoms with Crippen molar-refractivity contribution in [3.8, 4) is 0 Å². The van der Waals surface area contributed by atoms with Gasteiger partial charge in [-0.15, -0.1) is 0 Å². The number of ketones is 1. The number of allylic oxidation sites excluding steroid dienone is 3. The third kappa shape index (κ3) is 4.95. The third-order valence-electron chi connectivity index (χ3n) is 2.64. The minimum Gasteiger partial charge on any atom is -0.469 e. The van der Waals surface area contributed by atoms with Crippen LogP contribution in [-0.4, -0.2) is 30.1 Å². The lowest BCUT2D eigenvalue weighted by Gasteiger charge is -1.96. The lowest BCUT2D eigenvalue weighted by molar-refractivity contribution is -0.140. The number of rotatable bonds is 6. The van der Waals surface area contributed by atoms with Crippen LogP contribution >= 0.6 is 0 Å². The van der Waals surface area contributed by atoms with Crippen molar-refractivity contribution >= 4 is 11.8 Å². The zero-order valence-electron chi connectivity index (χ0n) is 10.0. The first-order chi connectivity index (χ1) is 8.13. The predicted molar refractivity (Wildman–Crippen MR) is 63.3 cm³/mol. The van der Waals surface area contributed by atoms with Crippen LogP contribution in [0.2, 0.25) is 0 Å². The molecule has 0 unspecified atom stereocenters. The van der Waals surface area contributed by atoms with Crippen molar-refractivity contribution in [1.82, 2.24) is 0 Å². The van der Waals surface area contributed by atoms with Crippen LogP contribution in [0.15, 0.2) is 23.8 Å². The quantitative estimate of drug-likeness (QED) is 0.563. The largest absolute Gasteiger partial charge is 0.469 e. The summed E-state index contributed by atoms with van der Waals surface area (Å²) in [6.45, 7) is 0. The smallest absolute Gasteiger partial charge is 0.305 e. The summed E-state index contributed by atoms with van der Waals surface area (Å²) in [5.74, 6) is -0.174. The van der Waals surface area contributed by atoms with Crippen molar-refractivity contribution < 1.29 is 19.4 Å². The molecular formula is C13H18O4. The molecule has 94 valence electrons. The summed E-state index contributed by atoms with van der Waals surface area (Å²) in [7, 11) is 1.37. The van der Waals surface area contributed by atoms with Crippen LogP contribution in [0.25, 0.3) is 0 Å². The first kappa shape index (κ1) is 13.6. The third-order valence-corrected chi connectivity index (χ3v) is 2.64. The van der Waals surface area contributed by atoms with Gasteiger partial charge in [0.1, 0.15) is 0 Å². The van der Waals surface area contributed by atoms with Gasteiger partial charge in [-0.3, -0.25) is 9.59 Å². The molecule has 0 spiro atoms. The minimum absolute atomic E-state index is 0.0421. The Morgan fingerprint density at radius 2 is 2.24 bits per heavy atom. The van der Waals surface area contributed by atoms with Gasteiger partial charge in [0.05, 0.1) is 13.2 Å². The van der Waals surface area contributed by atoms with Gasteiger partial charge < -0.3 is 9.84 Å². The van der Waals surface area contributed by atoms with Gasteiger partial charge in [-0.2, -0.15) is 0 Å². The molecule has 0 bridgehead atoms. The summed E-state index contributed by atoms with van der Waals surface area (Å²) in [5, 5.41) is 9.23. The van der Waals surface area contributed by atoms with Gasteiger partial charge in [0.25, 0.3) is 0 Å². The number of carbonyl (C=O) groups excluding carboxylic acids is 2. The van der Waals surface area contributed by atoms with Crippen LogP contribution in [0.4, 0.5) is 0 Å². The normalized spacial score (nSPS) is 19.8. The van der Waals surface area contributed by atoms with E-state index in [1.54, 1.807) is 6.08 Å². The maximum Gasteiger partial charge on any atom is 0.305 e. The summed E-state index contributed by atoms with van der Waals surface area (Å²) >= 11 is 0. The lowest BCUT2D eigenvalue weighted by Crippen LogP contribution is -2.01. The molecule has 0 saturated carbocycles. The number of aliphatic hydroxyl groups excluding tert-OH is 1. The molecule has 17 heavy (non-hydrogen) atoms. The molecule has 1 aliphatic rings. The van der Waals surface area contributed by atoms with Crippen LogP contribution in [0, 0.1) is 0 Å². The first-order valence-electron chi connectivity index (χ1n) is 5.77. The second kappa shape index (κ2) is 7.01. The number of esters is 1. The van der Waals surface area contributed by atoms with Gasteiger partial charge in [-0.05, 0) is 30.9 Å². The fraction of sp³-hybridized carbons (Fsp3) is 0.538. The van der Waals surface area contributed by atoms with Gasteiger partial charge in [0.15, 0.2) is 5.78 Å². The highest BCUT2D eigenvalue weighted by molar-refractivity contribution is 5.98. The molecule has 0 saturated heterocycles. The molecule has 0 heterocycles. The first-order valence-corrected chi connectivity index (χ1v) is 5.77. The molecule has 1 N–H and O–H groups in total. The fourth-order valence-electron chi connectivity index (χ4n) is 1.71. The number of methoxy groups -OCH3 is 1.